The summed E-state index contributed by atoms with van der Waals surface area (Å²) < 4.78 is 46.9. The van der Waals surface area contributed by atoms with Gasteiger partial charge in [0.1, 0.15) is 40.5 Å². The number of nitrogens with zero attached hydrogens (tertiary/aromatic N) is 3. The number of rotatable bonds is 8. The standard InChI is InChI=1S/C42H58N6O8S2/c1-26(2)43-38-45-33(25-57-38)32-22-35(30-16-15-28(54-6)20-31(30)44-32)55-29-21-34(48(24-29)39(51)56-40(3,4)5)36(49)46-42-23-27(42)14-12-10-8-7-9-11-13-17-41(18-19-41)58(52,53)47-37(42)50/h15-16,20,22,25-27,29,34H,7-14,17-19,21,23-24H2,1-6H3,(H,43,45)(H,46,49)(H,47,50)/t27-,29-,34+,42-/m1/s1. The summed E-state index contributed by atoms with van der Waals surface area (Å²) in [7, 11) is -2.38. The van der Waals surface area contributed by atoms with E-state index < -0.39 is 56.0 Å². The Bertz CT molecular complexity index is 2130. The number of nitrogens with one attached hydrogen (secondary N) is 3. The summed E-state index contributed by atoms with van der Waals surface area (Å²) >= 11 is 1.47. The van der Waals surface area contributed by atoms with Gasteiger partial charge in [-0.25, -0.2) is 23.2 Å². The van der Waals surface area contributed by atoms with E-state index in [0.29, 0.717) is 65.9 Å². The average Bonchev–Trinajstić information content (AvgIpc) is 3.98. The highest BCUT2D eigenvalue weighted by Crippen LogP contribution is 2.51. The molecule has 2 aliphatic heterocycles. The molecule has 2 saturated carbocycles. The number of carbonyl (C=O) groups excluding carboxylic acids is 3. The Morgan fingerprint density at radius 3 is 2.41 bits per heavy atom. The summed E-state index contributed by atoms with van der Waals surface area (Å²) in [4.78, 5) is 53.4. The van der Waals surface area contributed by atoms with Crippen molar-refractivity contribution in [2.45, 2.75) is 152 Å². The maximum absolute atomic E-state index is 14.5. The molecular formula is C42H58N6O8S2. The van der Waals surface area contributed by atoms with Crippen molar-refractivity contribution >= 4 is 55.3 Å². The predicted molar refractivity (Wildman–Crippen MR) is 223 cm³/mol. The van der Waals surface area contributed by atoms with Gasteiger partial charge in [0.2, 0.25) is 15.9 Å². The van der Waals surface area contributed by atoms with Crippen molar-refractivity contribution in [3.8, 4) is 22.9 Å². The van der Waals surface area contributed by atoms with E-state index >= 15 is 0 Å². The first-order valence-corrected chi connectivity index (χ1v) is 23.1. The highest BCUT2D eigenvalue weighted by Gasteiger charge is 2.64. The molecule has 0 bridgehead atoms. The van der Waals surface area contributed by atoms with Gasteiger partial charge < -0.3 is 24.8 Å². The molecule has 1 aromatic carbocycles. The fourth-order valence-corrected chi connectivity index (χ4v) is 10.9. The van der Waals surface area contributed by atoms with Crippen molar-refractivity contribution in [2.24, 2.45) is 5.92 Å². The third kappa shape index (κ3) is 9.17. The number of ether oxygens (including phenoxy) is 3. The SMILES string of the molecule is COc1ccc2c(O[C@@H]3C[C@@H](C(=O)N[C@]45C[C@H]4CCCCCCCCCC4(CC4)S(=O)(=O)NC5=O)N(C(=O)OC(C)(C)C)C3)cc(-c3csc(NC(C)C)n3)nc2c1. The van der Waals surface area contributed by atoms with E-state index in [4.69, 9.17) is 24.2 Å². The molecule has 14 nitrogen and oxygen atoms in total. The number of likely N-dealkylation sites (tertiary alicyclic amines) is 1. The Balaban J connectivity index is 1.16. The Kier molecular flexibility index (Phi) is 11.9. The summed E-state index contributed by atoms with van der Waals surface area (Å²) in [5.74, 6) is -0.362. The van der Waals surface area contributed by atoms with Gasteiger partial charge in [-0.2, -0.15) is 0 Å². The minimum atomic E-state index is -3.97. The molecule has 3 amide bonds. The van der Waals surface area contributed by atoms with Crippen molar-refractivity contribution in [1.82, 2.24) is 24.9 Å². The predicted octanol–water partition coefficient (Wildman–Crippen LogP) is 7.32. The van der Waals surface area contributed by atoms with Gasteiger partial charge in [-0.3, -0.25) is 19.2 Å². The molecule has 7 rings (SSSR count). The number of sulfonamides is 1. The molecule has 316 valence electrons. The summed E-state index contributed by atoms with van der Waals surface area (Å²) in [5.41, 5.74) is -0.387. The zero-order valence-electron chi connectivity index (χ0n) is 34.5. The highest BCUT2D eigenvalue weighted by atomic mass is 32.2. The first-order valence-electron chi connectivity index (χ1n) is 20.8. The lowest BCUT2D eigenvalue weighted by Crippen LogP contribution is -2.57. The molecule has 3 N–H and O–H groups in total. The summed E-state index contributed by atoms with van der Waals surface area (Å²) in [5, 5.41) is 9.72. The maximum atomic E-state index is 14.5. The lowest BCUT2D eigenvalue weighted by Gasteiger charge is -2.29. The van der Waals surface area contributed by atoms with Crippen LogP contribution in [0.4, 0.5) is 9.93 Å². The van der Waals surface area contributed by atoms with E-state index in [1.807, 2.05) is 43.5 Å². The molecule has 2 saturated heterocycles. The molecule has 3 aromatic rings. The van der Waals surface area contributed by atoms with Crippen LogP contribution in [-0.2, 0) is 24.3 Å². The second kappa shape index (κ2) is 16.5. The van der Waals surface area contributed by atoms with Crippen LogP contribution < -0.4 is 24.8 Å². The quantitative estimate of drug-likeness (QED) is 0.207. The Labute approximate surface area is 345 Å². The van der Waals surface area contributed by atoms with Crippen LogP contribution >= 0.6 is 11.3 Å². The molecule has 2 aliphatic carbocycles. The number of hydrogen-bond donors (Lipinski definition) is 3. The molecule has 4 aliphatic rings. The van der Waals surface area contributed by atoms with Crippen LogP contribution in [0.5, 0.6) is 11.5 Å². The van der Waals surface area contributed by atoms with Crippen molar-refractivity contribution in [2.75, 3.05) is 19.0 Å². The molecule has 16 heteroatoms. The normalized spacial score (nSPS) is 25.9. The molecule has 58 heavy (non-hydrogen) atoms. The molecule has 2 aromatic heterocycles. The number of thiazole rings is 1. The Morgan fingerprint density at radius 2 is 1.72 bits per heavy atom. The topological polar surface area (TPSA) is 178 Å². The lowest BCUT2D eigenvalue weighted by atomic mass is 10.0. The lowest BCUT2D eigenvalue weighted by molar-refractivity contribution is -0.132. The van der Waals surface area contributed by atoms with Crippen molar-refractivity contribution < 1.29 is 37.0 Å². The number of amides is 3. The van der Waals surface area contributed by atoms with Gasteiger partial charge >= 0.3 is 6.09 Å². The fourth-order valence-electron chi connectivity index (χ4n) is 8.37. The number of anilines is 1. The highest BCUT2D eigenvalue weighted by molar-refractivity contribution is 7.91. The van der Waals surface area contributed by atoms with E-state index in [-0.39, 0.29) is 24.9 Å². The molecule has 0 radical (unpaired) electrons. The van der Waals surface area contributed by atoms with Crippen molar-refractivity contribution in [1.29, 1.82) is 0 Å². The van der Waals surface area contributed by atoms with Gasteiger partial charge in [0.05, 0.1) is 29.6 Å². The van der Waals surface area contributed by atoms with Crippen LogP contribution in [0.2, 0.25) is 0 Å². The van der Waals surface area contributed by atoms with Gasteiger partial charge in [-0.15, -0.1) is 11.3 Å². The van der Waals surface area contributed by atoms with Crippen LogP contribution in [0.1, 0.15) is 118 Å². The fraction of sp³-hybridized carbons (Fsp3) is 0.643. The Morgan fingerprint density at radius 1 is 1.00 bits per heavy atom. The number of fused-ring (bicyclic) bond motifs is 2. The number of methoxy groups -OCH3 is 1. The zero-order valence-corrected chi connectivity index (χ0v) is 36.2. The molecule has 0 unspecified atom stereocenters. The second-order valence-electron chi connectivity index (χ2n) is 17.8. The van der Waals surface area contributed by atoms with Crippen LogP contribution in [-0.4, -0.2) is 88.9 Å². The first-order chi connectivity index (χ1) is 27.5. The van der Waals surface area contributed by atoms with Gasteiger partial charge in [-0.1, -0.05) is 44.9 Å². The van der Waals surface area contributed by atoms with Crippen LogP contribution in [0.25, 0.3) is 22.3 Å². The van der Waals surface area contributed by atoms with Gasteiger partial charge in [0, 0.05) is 35.4 Å². The monoisotopic (exact) mass is 838 g/mol. The molecule has 1 spiro atoms. The number of aromatic nitrogens is 2. The van der Waals surface area contributed by atoms with E-state index in [0.717, 1.165) is 50.1 Å². The van der Waals surface area contributed by atoms with E-state index in [9.17, 15) is 22.8 Å². The smallest absolute Gasteiger partial charge is 0.411 e. The van der Waals surface area contributed by atoms with Crippen LogP contribution in [0, 0.1) is 5.92 Å². The largest absolute Gasteiger partial charge is 0.497 e. The molecule has 4 heterocycles. The molecule has 4 atom stereocenters. The third-order valence-corrected chi connectivity index (χ3v) is 14.8. The van der Waals surface area contributed by atoms with Gasteiger partial charge in [0.25, 0.3) is 5.91 Å². The number of benzene rings is 1. The van der Waals surface area contributed by atoms with E-state index in [1.165, 1.54) is 16.2 Å². The van der Waals surface area contributed by atoms with E-state index in [1.54, 1.807) is 27.9 Å². The van der Waals surface area contributed by atoms with Crippen molar-refractivity contribution in [3.05, 3.63) is 29.6 Å². The van der Waals surface area contributed by atoms with Crippen LogP contribution in [0.3, 0.4) is 0 Å². The summed E-state index contributed by atoms with van der Waals surface area (Å²) in [6.45, 7) is 9.38. The maximum Gasteiger partial charge on any atom is 0.411 e. The number of hydrogen-bond acceptors (Lipinski definition) is 12. The minimum Gasteiger partial charge on any atom is -0.497 e. The zero-order chi connectivity index (χ0) is 41.5. The van der Waals surface area contributed by atoms with Gasteiger partial charge in [-0.05, 0) is 84.8 Å². The third-order valence-electron chi connectivity index (χ3n) is 11.8. The molecular weight excluding hydrogens is 781 g/mol. The van der Waals surface area contributed by atoms with Crippen molar-refractivity contribution in [3.63, 3.8) is 0 Å². The number of pyridine rings is 1. The Hall–Kier alpha value is -4.18. The number of carbonyl (C=O) groups is 3. The summed E-state index contributed by atoms with van der Waals surface area (Å²) in [6, 6.07) is 6.45. The molecule has 4 fully saturated rings. The van der Waals surface area contributed by atoms with Crippen LogP contribution in [0.15, 0.2) is 29.6 Å². The first kappa shape index (κ1) is 42.0. The average molecular weight is 839 g/mol. The van der Waals surface area contributed by atoms with E-state index in [2.05, 4.69) is 15.4 Å². The summed E-state index contributed by atoms with van der Waals surface area (Å²) in [6.07, 6.45) is 8.25. The van der Waals surface area contributed by atoms with Gasteiger partial charge in [0.15, 0.2) is 5.13 Å². The minimum absolute atomic E-state index is 0.0288. The second-order valence-corrected chi connectivity index (χ2v) is 20.8.